The van der Waals surface area contributed by atoms with Gasteiger partial charge in [-0.15, -0.1) is 0 Å². The highest BCUT2D eigenvalue weighted by molar-refractivity contribution is 5.79. The maximum absolute atomic E-state index is 12.9. The minimum absolute atomic E-state index is 0.0968. The second kappa shape index (κ2) is 8.27. The summed E-state index contributed by atoms with van der Waals surface area (Å²) >= 11 is 0. The quantitative estimate of drug-likeness (QED) is 0.840. The Bertz CT molecular complexity index is 707. The predicted molar refractivity (Wildman–Crippen MR) is 104 cm³/mol. The van der Waals surface area contributed by atoms with Crippen molar-refractivity contribution in [2.24, 2.45) is 5.92 Å². The zero-order valence-electron chi connectivity index (χ0n) is 16.8. The second-order valence-corrected chi connectivity index (χ2v) is 7.76. The standard InChI is InChI=1S/C21H30N2O5/c1-25-18-11-15-3-9-28-21(17(15)12-19(18)26-2)4-7-23(8-5-21)20(24)16-13-22-6-10-27-14-16/h11-12,16,22H,3-10,13-14H2,1-2H3. The largest absolute Gasteiger partial charge is 0.493 e. The Morgan fingerprint density at radius 1 is 1.18 bits per heavy atom. The molecule has 7 nitrogen and oxygen atoms in total. The molecule has 1 spiro atoms. The van der Waals surface area contributed by atoms with E-state index in [1.165, 1.54) is 11.1 Å². The van der Waals surface area contributed by atoms with Crippen molar-refractivity contribution in [2.75, 3.05) is 60.2 Å². The molecule has 3 heterocycles. The van der Waals surface area contributed by atoms with Crippen molar-refractivity contribution in [2.45, 2.75) is 24.9 Å². The van der Waals surface area contributed by atoms with E-state index in [-0.39, 0.29) is 17.4 Å². The van der Waals surface area contributed by atoms with Gasteiger partial charge in [-0.2, -0.15) is 0 Å². The third-order valence-electron chi connectivity index (χ3n) is 6.21. The summed E-state index contributed by atoms with van der Waals surface area (Å²) in [5.41, 5.74) is 2.09. The molecule has 4 rings (SSSR count). The molecular weight excluding hydrogens is 360 g/mol. The van der Waals surface area contributed by atoms with Gasteiger partial charge in [-0.3, -0.25) is 4.79 Å². The normalized spacial score (nSPS) is 24.4. The molecule has 3 aliphatic heterocycles. The van der Waals surface area contributed by atoms with E-state index in [0.717, 1.165) is 37.3 Å². The van der Waals surface area contributed by atoms with Crippen molar-refractivity contribution in [3.05, 3.63) is 23.3 Å². The number of hydrogen-bond acceptors (Lipinski definition) is 6. The SMILES string of the molecule is COc1cc2c(cc1OC)C1(CCN(C(=O)C3CNCCOC3)CC1)OCC2. The first-order valence-electron chi connectivity index (χ1n) is 10.1. The van der Waals surface area contributed by atoms with Crippen LogP contribution in [0.3, 0.4) is 0 Å². The molecule has 2 fully saturated rings. The average Bonchev–Trinajstić information content (AvgIpc) is 3.03. The van der Waals surface area contributed by atoms with Crippen molar-refractivity contribution in [3.8, 4) is 11.5 Å². The lowest BCUT2D eigenvalue weighted by molar-refractivity contribution is -0.146. The van der Waals surface area contributed by atoms with E-state index in [9.17, 15) is 4.79 Å². The van der Waals surface area contributed by atoms with Crippen LogP contribution in [0, 0.1) is 5.92 Å². The third-order valence-corrected chi connectivity index (χ3v) is 6.21. The molecule has 1 aromatic carbocycles. The van der Waals surface area contributed by atoms with Gasteiger partial charge in [0.2, 0.25) is 5.91 Å². The molecule has 0 aliphatic carbocycles. The lowest BCUT2D eigenvalue weighted by atomic mass is 9.79. The van der Waals surface area contributed by atoms with Gasteiger partial charge in [0.05, 0.1) is 45.6 Å². The summed E-state index contributed by atoms with van der Waals surface area (Å²) in [7, 11) is 3.32. The first-order valence-corrected chi connectivity index (χ1v) is 10.1. The van der Waals surface area contributed by atoms with Crippen LogP contribution in [0.25, 0.3) is 0 Å². The Hall–Kier alpha value is -1.83. The number of hydrogen-bond donors (Lipinski definition) is 1. The molecule has 28 heavy (non-hydrogen) atoms. The fourth-order valence-corrected chi connectivity index (χ4v) is 4.61. The van der Waals surface area contributed by atoms with Crippen LogP contribution in [-0.2, 0) is 26.3 Å². The van der Waals surface area contributed by atoms with Crippen LogP contribution < -0.4 is 14.8 Å². The van der Waals surface area contributed by atoms with Crippen LogP contribution in [0.4, 0.5) is 0 Å². The topological polar surface area (TPSA) is 69.3 Å². The fraction of sp³-hybridized carbons (Fsp3) is 0.667. The van der Waals surface area contributed by atoms with Gasteiger partial charge in [-0.1, -0.05) is 0 Å². The van der Waals surface area contributed by atoms with Crippen LogP contribution in [-0.4, -0.2) is 71.0 Å². The van der Waals surface area contributed by atoms with Crippen LogP contribution in [0.15, 0.2) is 12.1 Å². The Kier molecular flexibility index (Phi) is 5.75. The lowest BCUT2D eigenvalue weighted by Gasteiger charge is -2.45. The highest BCUT2D eigenvalue weighted by Gasteiger charge is 2.43. The Labute approximate surface area is 166 Å². The van der Waals surface area contributed by atoms with Crippen molar-refractivity contribution < 1.29 is 23.7 Å². The monoisotopic (exact) mass is 390 g/mol. The van der Waals surface area contributed by atoms with Crippen LogP contribution in [0.1, 0.15) is 24.0 Å². The zero-order valence-corrected chi connectivity index (χ0v) is 16.8. The maximum atomic E-state index is 12.9. The van der Waals surface area contributed by atoms with Crippen molar-refractivity contribution in [3.63, 3.8) is 0 Å². The van der Waals surface area contributed by atoms with E-state index < -0.39 is 0 Å². The van der Waals surface area contributed by atoms with Gasteiger partial charge >= 0.3 is 0 Å². The Balaban J connectivity index is 1.51. The molecule has 0 bridgehead atoms. The van der Waals surface area contributed by atoms with Gasteiger partial charge in [-0.25, -0.2) is 0 Å². The molecule has 3 aliphatic rings. The van der Waals surface area contributed by atoms with Crippen molar-refractivity contribution >= 4 is 5.91 Å². The number of carbonyl (C=O) groups is 1. The molecule has 1 N–H and O–H groups in total. The molecule has 0 aromatic heterocycles. The molecule has 2 saturated heterocycles. The summed E-state index contributed by atoms with van der Waals surface area (Å²) in [6.45, 7) is 4.76. The highest BCUT2D eigenvalue weighted by Crippen LogP contribution is 2.45. The molecule has 0 saturated carbocycles. The minimum atomic E-state index is -0.345. The summed E-state index contributed by atoms with van der Waals surface area (Å²) in [6.07, 6.45) is 2.45. The highest BCUT2D eigenvalue weighted by atomic mass is 16.5. The van der Waals surface area contributed by atoms with Crippen molar-refractivity contribution in [1.82, 2.24) is 10.2 Å². The number of nitrogens with one attached hydrogen (secondary N) is 1. The number of fused-ring (bicyclic) bond motifs is 2. The van der Waals surface area contributed by atoms with E-state index in [0.29, 0.717) is 39.5 Å². The summed E-state index contributed by atoms with van der Waals surface area (Å²) in [6, 6.07) is 4.14. The number of piperidine rings is 1. The van der Waals surface area contributed by atoms with E-state index >= 15 is 0 Å². The summed E-state index contributed by atoms with van der Waals surface area (Å²) in [5, 5.41) is 3.29. The second-order valence-electron chi connectivity index (χ2n) is 7.76. The molecular formula is C21H30N2O5. The molecule has 1 atom stereocenters. The molecule has 1 amide bonds. The number of benzene rings is 1. The number of amides is 1. The van der Waals surface area contributed by atoms with Gasteiger partial charge in [0.1, 0.15) is 0 Å². The van der Waals surface area contributed by atoms with Crippen LogP contribution >= 0.6 is 0 Å². The zero-order chi connectivity index (χ0) is 19.6. The molecule has 0 radical (unpaired) electrons. The van der Waals surface area contributed by atoms with Gasteiger partial charge < -0.3 is 29.2 Å². The predicted octanol–water partition coefficient (Wildman–Crippen LogP) is 1.33. The maximum Gasteiger partial charge on any atom is 0.229 e. The number of ether oxygens (including phenoxy) is 4. The van der Waals surface area contributed by atoms with E-state index in [4.69, 9.17) is 18.9 Å². The number of nitrogens with zero attached hydrogens (tertiary/aromatic N) is 1. The average molecular weight is 390 g/mol. The summed E-state index contributed by atoms with van der Waals surface area (Å²) in [5.74, 6) is 1.58. The first kappa shape index (κ1) is 19.5. The first-order chi connectivity index (χ1) is 13.7. The van der Waals surface area contributed by atoms with Crippen molar-refractivity contribution in [1.29, 1.82) is 0 Å². The lowest BCUT2D eigenvalue weighted by Crippen LogP contribution is -2.51. The molecule has 1 unspecified atom stereocenters. The van der Waals surface area contributed by atoms with E-state index in [1.54, 1.807) is 14.2 Å². The van der Waals surface area contributed by atoms with Crippen LogP contribution in [0.2, 0.25) is 0 Å². The number of methoxy groups -OCH3 is 2. The van der Waals surface area contributed by atoms with Gasteiger partial charge in [-0.05, 0) is 42.5 Å². The summed E-state index contributed by atoms with van der Waals surface area (Å²) < 4.78 is 22.9. The van der Waals surface area contributed by atoms with Crippen LogP contribution in [0.5, 0.6) is 11.5 Å². The summed E-state index contributed by atoms with van der Waals surface area (Å²) in [4.78, 5) is 14.9. The Morgan fingerprint density at radius 3 is 2.68 bits per heavy atom. The van der Waals surface area contributed by atoms with E-state index in [2.05, 4.69) is 17.4 Å². The van der Waals surface area contributed by atoms with Gasteiger partial charge in [0.25, 0.3) is 0 Å². The smallest absolute Gasteiger partial charge is 0.229 e. The Morgan fingerprint density at radius 2 is 1.93 bits per heavy atom. The fourth-order valence-electron chi connectivity index (χ4n) is 4.61. The number of likely N-dealkylation sites (tertiary alicyclic amines) is 1. The van der Waals surface area contributed by atoms with E-state index in [1.807, 2.05) is 4.90 Å². The number of carbonyl (C=O) groups excluding carboxylic acids is 1. The molecule has 154 valence electrons. The van der Waals surface area contributed by atoms with Gasteiger partial charge in [0, 0.05) is 26.2 Å². The number of rotatable bonds is 3. The molecule has 7 heteroatoms. The van der Waals surface area contributed by atoms with Gasteiger partial charge in [0.15, 0.2) is 11.5 Å². The third kappa shape index (κ3) is 3.58. The molecule has 1 aromatic rings. The minimum Gasteiger partial charge on any atom is -0.493 e.